The van der Waals surface area contributed by atoms with Gasteiger partial charge in [0, 0.05) is 48.1 Å². The topological polar surface area (TPSA) is 83.0 Å². The molecule has 2 aromatic heterocycles. The highest BCUT2D eigenvalue weighted by atomic mass is 16.1. The molecule has 0 spiro atoms. The second kappa shape index (κ2) is 14.2. The number of hydrogen-bond donors (Lipinski definition) is 2. The predicted octanol–water partition coefficient (Wildman–Crippen LogP) is 6.72. The second-order valence-electron chi connectivity index (χ2n) is 9.81. The lowest BCUT2D eigenvalue weighted by molar-refractivity contribution is 0.112. The van der Waals surface area contributed by atoms with Crippen molar-refractivity contribution in [2.45, 2.75) is 39.0 Å². The van der Waals surface area contributed by atoms with E-state index in [1.807, 2.05) is 56.4 Å². The van der Waals surface area contributed by atoms with Gasteiger partial charge < -0.3 is 15.5 Å². The number of carbonyl (C=O) groups is 1. The number of aromatic nitrogens is 3. The van der Waals surface area contributed by atoms with Crippen LogP contribution >= 0.6 is 0 Å². The van der Waals surface area contributed by atoms with Crippen LogP contribution in [0.1, 0.15) is 53.6 Å². The second-order valence-corrected chi connectivity index (χ2v) is 9.81. The molecule has 202 valence electrons. The Morgan fingerprint density at radius 1 is 1.03 bits per heavy atom. The van der Waals surface area contributed by atoms with E-state index in [1.165, 1.54) is 44.5 Å². The van der Waals surface area contributed by atoms with Crippen molar-refractivity contribution in [3.63, 3.8) is 0 Å². The summed E-state index contributed by atoms with van der Waals surface area (Å²) in [5.41, 5.74) is 7.13. The van der Waals surface area contributed by atoms with Crippen LogP contribution in [0.15, 0.2) is 79.3 Å². The first-order valence-electron chi connectivity index (χ1n) is 13.7. The van der Waals surface area contributed by atoms with Gasteiger partial charge in [-0.3, -0.25) is 9.78 Å². The normalized spacial score (nSPS) is 13.7. The summed E-state index contributed by atoms with van der Waals surface area (Å²) in [7, 11) is 1.90. The molecule has 0 amide bonds. The van der Waals surface area contributed by atoms with E-state index in [0.29, 0.717) is 11.9 Å². The molecule has 0 saturated carbocycles. The number of piperidine rings is 1. The molecule has 7 heteroatoms. The SMILES string of the molecule is CCCN1CCC(c2ccc(C=O)cc2)CC1.CNc1ccc(C)c(Nc2nccc(-c3cccnc3)n2)c1. The lowest BCUT2D eigenvalue weighted by Crippen LogP contribution is -2.33. The minimum atomic E-state index is 0.567. The molecule has 1 fully saturated rings. The van der Waals surface area contributed by atoms with Crippen molar-refractivity contribution in [3.05, 3.63) is 95.9 Å². The molecule has 7 nitrogen and oxygen atoms in total. The molecule has 1 saturated heterocycles. The van der Waals surface area contributed by atoms with E-state index in [9.17, 15) is 4.79 Å². The van der Waals surface area contributed by atoms with Crippen LogP contribution in [0, 0.1) is 6.92 Å². The summed E-state index contributed by atoms with van der Waals surface area (Å²) < 4.78 is 0. The molecular formula is C32H38N6O. The maximum absolute atomic E-state index is 10.6. The zero-order valence-corrected chi connectivity index (χ0v) is 23.1. The highest BCUT2D eigenvalue weighted by Crippen LogP contribution is 2.28. The third-order valence-electron chi connectivity index (χ3n) is 7.06. The number of likely N-dealkylation sites (tertiary alicyclic amines) is 1. The summed E-state index contributed by atoms with van der Waals surface area (Å²) in [5, 5.41) is 6.40. The number of aldehydes is 1. The summed E-state index contributed by atoms with van der Waals surface area (Å²) in [4.78, 5) is 26.1. The number of carbonyl (C=O) groups excluding carboxylic acids is 1. The van der Waals surface area contributed by atoms with Gasteiger partial charge in [-0.2, -0.15) is 0 Å². The van der Waals surface area contributed by atoms with Crippen molar-refractivity contribution in [1.29, 1.82) is 0 Å². The van der Waals surface area contributed by atoms with E-state index < -0.39 is 0 Å². The molecule has 4 aromatic rings. The Hall–Kier alpha value is -4.10. The molecular weight excluding hydrogens is 484 g/mol. The highest BCUT2D eigenvalue weighted by Gasteiger charge is 2.19. The fourth-order valence-electron chi connectivity index (χ4n) is 4.78. The Morgan fingerprint density at radius 2 is 1.82 bits per heavy atom. The molecule has 3 heterocycles. The van der Waals surface area contributed by atoms with Crippen LogP contribution in [0.3, 0.4) is 0 Å². The van der Waals surface area contributed by atoms with Crippen molar-refractivity contribution in [2.75, 3.05) is 37.3 Å². The molecule has 0 bridgehead atoms. The number of rotatable bonds is 8. The Labute approximate surface area is 231 Å². The van der Waals surface area contributed by atoms with Gasteiger partial charge in [0.2, 0.25) is 5.95 Å². The molecule has 0 aliphatic carbocycles. The van der Waals surface area contributed by atoms with Gasteiger partial charge in [0.05, 0.1) is 5.69 Å². The van der Waals surface area contributed by atoms with Gasteiger partial charge in [-0.25, -0.2) is 9.97 Å². The Morgan fingerprint density at radius 3 is 2.49 bits per heavy atom. The number of aryl methyl sites for hydroxylation is 1. The summed E-state index contributed by atoms with van der Waals surface area (Å²) in [6, 6.07) is 20.0. The van der Waals surface area contributed by atoms with E-state index in [0.717, 1.165) is 40.0 Å². The molecule has 1 aliphatic heterocycles. The molecule has 5 rings (SSSR count). The smallest absolute Gasteiger partial charge is 0.227 e. The number of benzene rings is 2. The maximum atomic E-state index is 10.6. The minimum absolute atomic E-state index is 0.567. The van der Waals surface area contributed by atoms with Crippen molar-refractivity contribution in [3.8, 4) is 11.3 Å². The molecule has 1 aliphatic rings. The van der Waals surface area contributed by atoms with Gasteiger partial charge in [0.15, 0.2) is 0 Å². The lowest BCUT2D eigenvalue weighted by Gasteiger charge is -2.31. The Kier molecular flexibility index (Phi) is 10.1. The average molecular weight is 523 g/mol. The van der Waals surface area contributed by atoms with E-state index in [1.54, 1.807) is 18.6 Å². The first-order valence-corrected chi connectivity index (χ1v) is 13.7. The van der Waals surface area contributed by atoms with E-state index >= 15 is 0 Å². The molecule has 2 aromatic carbocycles. The third-order valence-corrected chi connectivity index (χ3v) is 7.06. The first kappa shape index (κ1) is 27.9. The first-order chi connectivity index (χ1) is 19.1. The number of pyridine rings is 1. The monoisotopic (exact) mass is 522 g/mol. The van der Waals surface area contributed by atoms with E-state index in [-0.39, 0.29) is 0 Å². The van der Waals surface area contributed by atoms with Crippen LogP contribution in [0.5, 0.6) is 0 Å². The maximum Gasteiger partial charge on any atom is 0.227 e. The van der Waals surface area contributed by atoms with E-state index in [2.05, 4.69) is 55.6 Å². The summed E-state index contributed by atoms with van der Waals surface area (Å²) in [5.74, 6) is 1.25. The predicted molar refractivity (Wildman–Crippen MR) is 160 cm³/mol. The largest absolute Gasteiger partial charge is 0.388 e. The van der Waals surface area contributed by atoms with Gasteiger partial charge in [0.25, 0.3) is 0 Å². The molecule has 2 N–H and O–H groups in total. The lowest BCUT2D eigenvalue weighted by atomic mass is 9.89. The minimum Gasteiger partial charge on any atom is -0.388 e. The van der Waals surface area contributed by atoms with Crippen LogP contribution < -0.4 is 10.6 Å². The third kappa shape index (κ3) is 7.94. The van der Waals surface area contributed by atoms with Gasteiger partial charge >= 0.3 is 0 Å². The van der Waals surface area contributed by atoms with Crippen LogP contribution in [0.4, 0.5) is 17.3 Å². The number of nitrogens with zero attached hydrogens (tertiary/aromatic N) is 4. The van der Waals surface area contributed by atoms with Crippen molar-refractivity contribution < 1.29 is 4.79 Å². The van der Waals surface area contributed by atoms with Crippen LogP contribution in [-0.2, 0) is 0 Å². The summed E-state index contributed by atoms with van der Waals surface area (Å²) in [6.45, 7) is 7.95. The van der Waals surface area contributed by atoms with Gasteiger partial charge in [-0.15, -0.1) is 0 Å². The molecule has 0 unspecified atom stereocenters. The Balaban J connectivity index is 0.000000187. The standard InChI is InChI=1S/C17H17N5.C15H21NO/c1-12-5-6-14(18-2)10-16(12)22-17-20-9-7-15(21-17)13-4-3-8-19-11-13;1-2-9-16-10-7-15(8-11-16)14-5-3-13(12-17)4-6-14/h3-11,18H,1-2H3,(H,20,21,22);3-6,12,15H,2,7-11H2,1H3. The van der Waals surface area contributed by atoms with Gasteiger partial charge in [0.1, 0.15) is 6.29 Å². The fraction of sp³-hybridized carbons (Fsp3) is 0.312. The average Bonchev–Trinajstić information content (AvgIpc) is 3.00. The zero-order chi connectivity index (χ0) is 27.5. The zero-order valence-electron chi connectivity index (χ0n) is 23.1. The quantitative estimate of drug-likeness (QED) is 0.249. The number of anilines is 3. The van der Waals surface area contributed by atoms with E-state index in [4.69, 9.17) is 0 Å². The van der Waals surface area contributed by atoms with Crippen molar-refractivity contribution in [2.24, 2.45) is 0 Å². The van der Waals surface area contributed by atoms with Gasteiger partial charge in [-0.1, -0.05) is 37.3 Å². The molecule has 39 heavy (non-hydrogen) atoms. The van der Waals surface area contributed by atoms with Crippen LogP contribution in [0.25, 0.3) is 11.3 Å². The van der Waals surface area contributed by atoms with Crippen LogP contribution in [0.2, 0.25) is 0 Å². The number of hydrogen-bond acceptors (Lipinski definition) is 7. The summed E-state index contributed by atoms with van der Waals surface area (Å²) >= 11 is 0. The van der Waals surface area contributed by atoms with Crippen molar-refractivity contribution >= 4 is 23.6 Å². The highest BCUT2D eigenvalue weighted by molar-refractivity contribution is 5.74. The van der Waals surface area contributed by atoms with Crippen molar-refractivity contribution in [1.82, 2.24) is 19.9 Å². The van der Waals surface area contributed by atoms with Gasteiger partial charge in [-0.05, 0) is 93.2 Å². The summed E-state index contributed by atoms with van der Waals surface area (Å²) in [6.07, 6.45) is 9.94. The molecule has 0 atom stereocenters. The van der Waals surface area contributed by atoms with Crippen LogP contribution in [-0.4, -0.2) is 52.8 Å². The number of nitrogens with one attached hydrogen (secondary N) is 2. The molecule has 0 radical (unpaired) electrons. The Bertz CT molecular complexity index is 1320. The fourth-order valence-corrected chi connectivity index (χ4v) is 4.78.